The standard InChI is InChI=1S/C33H40N6O3/c40-30(6-5-19-37-15-1-2-16-37)35-27-11-12-28-29(23-27)36-32-25(13-21-39(32)33(28)42)22-24-7-9-26(10-8-24)34-31(41)14-20-38-17-3-4-18-38/h7-12,22-23H,1-6,13-21H2,(H,34,41)(H,35,40)/b25-22+. The molecule has 0 radical (unpaired) electrons. The van der Waals surface area contributed by atoms with Gasteiger partial charge >= 0.3 is 0 Å². The minimum absolute atomic E-state index is 0.0155. The molecule has 0 spiro atoms. The first-order valence-corrected chi connectivity index (χ1v) is 15.4. The van der Waals surface area contributed by atoms with Gasteiger partial charge < -0.3 is 20.4 Å². The molecule has 9 nitrogen and oxygen atoms in total. The molecule has 2 N–H and O–H groups in total. The van der Waals surface area contributed by atoms with Crippen molar-refractivity contribution in [1.29, 1.82) is 0 Å². The summed E-state index contributed by atoms with van der Waals surface area (Å²) in [5.41, 5.74) is 3.94. The average molecular weight is 569 g/mol. The third-order valence-corrected chi connectivity index (χ3v) is 8.60. The lowest BCUT2D eigenvalue weighted by Crippen LogP contribution is -2.25. The first kappa shape index (κ1) is 28.3. The van der Waals surface area contributed by atoms with Crippen LogP contribution in [0.2, 0.25) is 0 Å². The normalized spacial score (nSPS) is 18.1. The van der Waals surface area contributed by atoms with Gasteiger partial charge in [-0.15, -0.1) is 0 Å². The van der Waals surface area contributed by atoms with Crippen molar-refractivity contribution in [1.82, 2.24) is 19.4 Å². The summed E-state index contributed by atoms with van der Waals surface area (Å²) in [6.45, 7) is 6.81. The van der Waals surface area contributed by atoms with E-state index in [2.05, 4.69) is 26.5 Å². The van der Waals surface area contributed by atoms with E-state index in [-0.39, 0.29) is 17.4 Å². The molecular weight excluding hydrogens is 528 g/mol. The predicted octanol–water partition coefficient (Wildman–Crippen LogP) is 4.58. The van der Waals surface area contributed by atoms with Gasteiger partial charge in [0.25, 0.3) is 5.56 Å². The van der Waals surface area contributed by atoms with Gasteiger partial charge in [0.2, 0.25) is 11.8 Å². The summed E-state index contributed by atoms with van der Waals surface area (Å²) < 4.78 is 1.74. The van der Waals surface area contributed by atoms with E-state index in [1.165, 1.54) is 25.7 Å². The van der Waals surface area contributed by atoms with Crippen LogP contribution in [0.5, 0.6) is 0 Å². The lowest BCUT2D eigenvalue weighted by molar-refractivity contribution is -0.117. The highest BCUT2D eigenvalue weighted by Crippen LogP contribution is 2.28. The second-order valence-corrected chi connectivity index (χ2v) is 11.7. The van der Waals surface area contributed by atoms with Crippen LogP contribution in [-0.2, 0) is 16.1 Å². The smallest absolute Gasteiger partial charge is 0.261 e. The van der Waals surface area contributed by atoms with Gasteiger partial charge in [-0.3, -0.25) is 19.0 Å². The van der Waals surface area contributed by atoms with E-state index < -0.39 is 0 Å². The van der Waals surface area contributed by atoms with Crippen molar-refractivity contribution in [2.45, 2.75) is 57.9 Å². The highest BCUT2D eigenvalue weighted by atomic mass is 16.2. The van der Waals surface area contributed by atoms with E-state index in [1.807, 2.05) is 24.3 Å². The molecule has 0 aliphatic carbocycles. The van der Waals surface area contributed by atoms with E-state index in [4.69, 9.17) is 4.98 Å². The number of allylic oxidation sites excluding steroid dienone is 1. The van der Waals surface area contributed by atoms with Crippen molar-refractivity contribution in [2.24, 2.45) is 0 Å². The molecule has 0 unspecified atom stereocenters. The van der Waals surface area contributed by atoms with E-state index >= 15 is 0 Å². The molecule has 2 fully saturated rings. The van der Waals surface area contributed by atoms with E-state index in [1.54, 1.807) is 22.8 Å². The molecule has 3 aliphatic heterocycles. The van der Waals surface area contributed by atoms with Gasteiger partial charge in [0, 0.05) is 37.3 Å². The van der Waals surface area contributed by atoms with Gasteiger partial charge in [-0.1, -0.05) is 12.1 Å². The zero-order chi connectivity index (χ0) is 28.9. The van der Waals surface area contributed by atoms with E-state index in [0.717, 1.165) is 62.5 Å². The summed E-state index contributed by atoms with van der Waals surface area (Å²) in [6, 6.07) is 13.1. The van der Waals surface area contributed by atoms with Crippen LogP contribution >= 0.6 is 0 Å². The maximum absolute atomic E-state index is 13.3. The number of amides is 2. The number of hydrogen-bond acceptors (Lipinski definition) is 6. The molecular formula is C33H40N6O3. The summed E-state index contributed by atoms with van der Waals surface area (Å²) in [5, 5.41) is 6.53. The number of hydrogen-bond donors (Lipinski definition) is 2. The molecule has 2 saturated heterocycles. The zero-order valence-corrected chi connectivity index (χ0v) is 24.2. The monoisotopic (exact) mass is 568 g/mol. The number of rotatable bonds is 10. The van der Waals surface area contributed by atoms with Gasteiger partial charge in [0.05, 0.1) is 10.9 Å². The summed E-state index contributed by atoms with van der Waals surface area (Å²) in [6.07, 6.45) is 9.54. The zero-order valence-electron chi connectivity index (χ0n) is 24.2. The molecule has 9 heteroatoms. The Labute approximate surface area is 246 Å². The number of likely N-dealkylation sites (tertiary alicyclic amines) is 2. The molecule has 220 valence electrons. The number of anilines is 2. The molecule has 6 rings (SSSR count). The van der Waals surface area contributed by atoms with Crippen molar-refractivity contribution < 1.29 is 9.59 Å². The quantitative estimate of drug-likeness (QED) is 0.372. The van der Waals surface area contributed by atoms with Crippen LogP contribution in [0, 0.1) is 0 Å². The molecule has 0 saturated carbocycles. The maximum Gasteiger partial charge on any atom is 0.261 e. The first-order chi connectivity index (χ1) is 20.5. The molecule has 4 heterocycles. The van der Waals surface area contributed by atoms with Gasteiger partial charge in [-0.05, 0) is 119 Å². The second-order valence-electron chi connectivity index (χ2n) is 11.7. The SMILES string of the molecule is O=C(CCCN1CCCC1)Nc1ccc2c(=O)n3c(nc2c1)/C(=C/c1ccc(NC(=O)CCN2CCCC2)cc1)CC3. The van der Waals surface area contributed by atoms with Crippen molar-refractivity contribution in [3.63, 3.8) is 0 Å². The van der Waals surface area contributed by atoms with Crippen molar-refractivity contribution in [2.75, 3.05) is 49.9 Å². The van der Waals surface area contributed by atoms with Crippen LogP contribution in [0.3, 0.4) is 0 Å². The van der Waals surface area contributed by atoms with Gasteiger partial charge in [-0.2, -0.15) is 0 Å². The fourth-order valence-electron chi connectivity index (χ4n) is 6.28. The fourth-order valence-corrected chi connectivity index (χ4v) is 6.28. The Morgan fingerprint density at radius 2 is 1.43 bits per heavy atom. The third-order valence-electron chi connectivity index (χ3n) is 8.60. The Morgan fingerprint density at radius 3 is 2.17 bits per heavy atom. The Balaban J connectivity index is 1.10. The minimum Gasteiger partial charge on any atom is -0.326 e. The lowest BCUT2D eigenvalue weighted by Gasteiger charge is -2.14. The third kappa shape index (κ3) is 6.79. The lowest BCUT2D eigenvalue weighted by atomic mass is 10.1. The molecule has 0 bridgehead atoms. The summed E-state index contributed by atoms with van der Waals surface area (Å²) in [5.74, 6) is 0.685. The minimum atomic E-state index is -0.0612. The van der Waals surface area contributed by atoms with Crippen LogP contribution < -0.4 is 16.2 Å². The number of fused-ring (bicyclic) bond motifs is 2. The summed E-state index contributed by atoms with van der Waals surface area (Å²) in [7, 11) is 0. The molecule has 2 amide bonds. The van der Waals surface area contributed by atoms with Gasteiger partial charge in [0.15, 0.2) is 0 Å². The van der Waals surface area contributed by atoms with Crippen molar-refractivity contribution in [3.05, 3.63) is 64.2 Å². The Morgan fingerprint density at radius 1 is 0.786 bits per heavy atom. The summed E-state index contributed by atoms with van der Waals surface area (Å²) >= 11 is 0. The predicted molar refractivity (Wildman–Crippen MR) is 167 cm³/mol. The molecule has 1 aromatic heterocycles. The average Bonchev–Trinajstić information content (AvgIpc) is 3.77. The number of carbonyl (C=O) groups excluding carboxylic acids is 2. The highest BCUT2D eigenvalue weighted by molar-refractivity contribution is 5.94. The van der Waals surface area contributed by atoms with Gasteiger partial charge in [0.1, 0.15) is 5.82 Å². The first-order valence-electron chi connectivity index (χ1n) is 15.4. The molecule has 3 aromatic rings. The molecule has 42 heavy (non-hydrogen) atoms. The topological polar surface area (TPSA) is 99.6 Å². The Bertz CT molecular complexity index is 1530. The van der Waals surface area contributed by atoms with E-state index in [0.29, 0.717) is 48.2 Å². The van der Waals surface area contributed by atoms with Gasteiger partial charge in [-0.25, -0.2) is 4.98 Å². The van der Waals surface area contributed by atoms with Crippen LogP contribution in [0.25, 0.3) is 22.6 Å². The summed E-state index contributed by atoms with van der Waals surface area (Å²) in [4.78, 5) is 47.8. The molecule has 2 aromatic carbocycles. The van der Waals surface area contributed by atoms with Crippen LogP contribution in [0.15, 0.2) is 47.3 Å². The van der Waals surface area contributed by atoms with Crippen molar-refractivity contribution in [3.8, 4) is 0 Å². The van der Waals surface area contributed by atoms with Crippen LogP contribution in [-0.4, -0.2) is 70.4 Å². The number of benzene rings is 2. The second kappa shape index (κ2) is 13.0. The highest BCUT2D eigenvalue weighted by Gasteiger charge is 2.21. The van der Waals surface area contributed by atoms with Crippen molar-refractivity contribution >= 4 is 45.7 Å². The number of nitrogens with one attached hydrogen (secondary N) is 2. The number of nitrogens with zero attached hydrogens (tertiary/aromatic N) is 4. The number of carbonyl (C=O) groups is 2. The molecule has 0 atom stereocenters. The molecule has 3 aliphatic rings. The Kier molecular flexibility index (Phi) is 8.76. The largest absolute Gasteiger partial charge is 0.326 e. The maximum atomic E-state index is 13.3. The van der Waals surface area contributed by atoms with Crippen LogP contribution in [0.4, 0.5) is 11.4 Å². The Hall–Kier alpha value is -3.82. The van der Waals surface area contributed by atoms with Crippen LogP contribution in [0.1, 0.15) is 62.8 Å². The fraction of sp³-hybridized carbons (Fsp3) is 0.455. The van der Waals surface area contributed by atoms with E-state index in [9.17, 15) is 14.4 Å². The number of aromatic nitrogens is 2.